The highest BCUT2D eigenvalue weighted by atomic mass is 16.4. The van der Waals surface area contributed by atoms with Crippen molar-refractivity contribution >= 4 is 28.3 Å². The van der Waals surface area contributed by atoms with Gasteiger partial charge in [-0.25, -0.2) is 4.79 Å². The minimum absolute atomic E-state index is 0.0309. The van der Waals surface area contributed by atoms with Crippen molar-refractivity contribution in [3.63, 3.8) is 0 Å². The lowest BCUT2D eigenvalue weighted by atomic mass is 9.80. The van der Waals surface area contributed by atoms with E-state index in [4.69, 9.17) is 5.11 Å². The third kappa shape index (κ3) is 5.70. The molecule has 188 valence electrons. The molecule has 5 rings (SSSR count). The molecule has 1 aliphatic carbocycles. The number of benzene rings is 3. The highest BCUT2D eigenvalue weighted by molar-refractivity contribution is 6.04. The van der Waals surface area contributed by atoms with E-state index in [0.29, 0.717) is 23.2 Å². The summed E-state index contributed by atoms with van der Waals surface area (Å²) >= 11 is 0. The van der Waals surface area contributed by atoms with Crippen molar-refractivity contribution in [3.05, 3.63) is 107 Å². The van der Waals surface area contributed by atoms with Crippen LogP contribution in [0.4, 0.5) is 5.69 Å². The van der Waals surface area contributed by atoms with Gasteiger partial charge >= 0.3 is 5.97 Å². The molecule has 1 saturated carbocycles. The third-order valence-corrected chi connectivity index (χ3v) is 7.34. The van der Waals surface area contributed by atoms with Gasteiger partial charge in [0.25, 0.3) is 5.91 Å². The van der Waals surface area contributed by atoms with Crippen molar-refractivity contribution in [3.8, 4) is 0 Å². The lowest BCUT2D eigenvalue weighted by Gasteiger charge is -2.32. The number of aromatic carboxylic acids is 1. The number of amides is 1. The Bertz CT molecular complexity index is 1410. The first-order chi connectivity index (χ1) is 18.0. The lowest BCUT2D eigenvalue weighted by Crippen LogP contribution is -2.35. The van der Waals surface area contributed by atoms with Gasteiger partial charge in [-0.05, 0) is 72.2 Å². The molecular formula is C31H31N3O3. The van der Waals surface area contributed by atoms with Crippen LogP contribution in [0.1, 0.15) is 76.4 Å². The quantitative estimate of drug-likeness (QED) is 0.271. The zero-order chi connectivity index (χ0) is 25.8. The maximum atomic E-state index is 12.7. The van der Waals surface area contributed by atoms with E-state index in [1.54, 1.807) is 0 Å². The van der Waals surface area contributed by atoms with Crippen LogP contribution < -0.4 is 10.6 Å². The second-order valence-corrected chi connectivity index (χ2v) is 9.86. The molecule has 3 atom stereocenters. The molecule has 0 bridgehead atoms. The number of aromatic nitrogens is 1. The van der Waals surface area contributed by atoms with Crippen LogP contribution in [0.5, 0.6) is 0 Å². The van der Waals surface area contributed by atoms with Gasteiger partial charge in [0.05, 0.1) is 17.4 Å². The molecular weight excluding hydrogens is 462 g/mol. The molecule has 6 heteroatoms. The zero-order valence-corrected chi connectivity index (χ0v) is 20.9. The number of hydrogen-bond donors (Lipinski definition) is 3. The summed E-state index contributed by atoms with van der Waals surface area (Å²) in [6.07, 6.45) is 7.22. The van der Waals surface area contributed by atoms with E-state index in [0.717, 1.165) is 19.3 Å². The number of nitrogens with zero attached hydrogens (tertiary/aromatic N) is 1. The highest BCUT2D eigenvalue weighted by Crippen LogP contribution is 2.34. The summed E-state index contributed by atoms with van der Waals surface area (Å²) in [7, 11) is 0. The van der Waals surface area contributed by atoms with Crippen LogP contribution >= 0.6 is 0 Å². The van der Waals surface area contributed by atoms with Crippen LogP contribution in [0.2, 0.25) is 0 Å². The summed E-state index contributed by atoms with van der Waals surface area (Å²) in [6, 6.07) is 24.9. The summed E-state index contributed by atoms with van der Waals surface area (Å²) in [6.45, 7) is 2.25. The van der Waals surface area contributed by atoms with Gasteiger partial charge < -0.3 is 15.7 Å². The Labute approximate surface area is 216 Å². The molecule has 1 amide bonds. The first-order valence-electron chi connectivity index (χ1n) is 12.8. The number of pyridine rings is 1. The van der Waals surface area contributed by atoms with Crippen molar-refractivity contribution in [2.24, 2.45) is 0 Å². The molecule has 6 nitrogen and oxygen atoms in total. The van der Waals surface area contributed by atoms with Gasteiger partial charge in [-0.1, -0.05) is 61.0 Å². The van der Waals surface area contributed by atoms with E-state index in [-0.39, 0.29) is 17.5 Å². The topological polar surface area (TPSA) is 91.3 Å². The molecule has 1 heterocycles. The zero-order valence-electron chi connectivity index (χ0n) is 20.9. The third-order valence-electron chi connectivity index (χ3n) is 7.34. The summed E-state index contributed by atoms with van der Waals surface area (Å²) in [4.78, 5) is 27.7. The van der Waals surface area contributed by atoms with Crippen LogP contribution in [0.3, 0.4) is 0 Å². The van der Waals surface area contributed by atoms with E-state index in [1.807, 2.05) is 24.3 Å². The molecule has 1 aromatic heterocycles. The molecule has 3 N–H and O–H groups in total. The standard InChI is InChI=1S/C31H31N3O3/c1-20(28-11-5-7-22-6-2-3-10-29(22)28)33-26-9-4-8-24(16-26)21-12-14-23(15-13-21)30(35)34-27-17-25(31(36)37)18-32-19-27/h2-3,5-7,10-15,17-20,24,26,33H,4,8-9,16H2,1H3,(H,34,35)(H,36,37)/t20-,24?,26?/m1/s1. The molecule has 37 heavy (non-hydrogen) atoms. The summed E-state index contributed by atoms with van der Waals surface area (Å²) in [5, 5.41) is 18.3. The van der Waals surface area contributed by atoms with Crippen LogP contribution in [-0.2, 0) is 0 Å². The van der Waals surface area contributed by atoms with E-state index in [2.05, 4.69) is 65.0 Å². The van der Waals surface area contributed by atoms with Gasteiger partial charge in [-0.2, -0.15) is 0 Å². The second-order valence-electron chi connectivity index (χ2n) is 9.86. The Kier molecular flexibility index (Phi) is 7.28. The number of hydrogen-bond acceptors (Lipinski definition) is 4. The minimum Gasteiger partial charge on any atom is -0.478 e. The van der Waals surface area contributed by atoms with Gasteiger partial charge in [0.15, 0.2) is 0 Å². The van der Waals surface area contributed by atoms with Crippen LogP contribution in [0.15, 0.2) is 85.2 Å². The van der Waals surface area contributed by atoms with E-state index >= 15 is 0 Å². The molecule has 3 aromatic carbocycles. The van der Waals surface area contributed by atoms with Gasteiger partial charge in [-0.15, -0.1) is 0 Å². The Morgan fingerprint density at radius 2 is 1.73 bits per heavy atom. The molecule has 1 aliphatic rings. The fourth-order valence-corrected chi connectivity index (χ4v) is 5.45. The minimum atomic E-state index is -1.08. The predicted octanol–water partition coefficient (Wildman–Crippen LogP) is 6.56. The highest BCUT2D eigenvalue weighted by Gasteiger charge is 2.25. The van der Waals surface area contributed by atoms with Gasteiger partial charge in [0.1, 0.15) is 0 Å². The van der Waals surface area contributed by atoms with Crippen molar-refractivity contribution < 1.29 is 14.7 Å². The van der Waals surface area contributed by atoms with Gasteiger partial charge in [0, 0.05) is 23.8 Å². The number of carbonyl (C=O) groups is 2. The Morgan fingerprint density at radius 3 is 2.54 bits per heavy atom. The monoisotopic (exact) mass is 493 g/mol. The second kappa shape index (κ2) is 10.9. The molecule has 0 aliphatic heterocycles. The maximum absolute atomic E-state index is 12.7. The molecule has 0 radical (unpaired) electrons. The molecule has 0 saturated heterocycles. The summed E-state index contributed by atoms with van der Waals surface area (Å²) < 4.78 is 0. The normalized spacial score (nSPS) is 18.3. The number of carboxylic acids is 1. The van der Waals surface area contributed by atoms with Crippen LogP contribution in [-0.4, -0.2) is 28.0 Å². The molecule has 1 fully saturated rings. The predicted molar refractivity (Wildman–Crippen MR) is 146 cm³/mol. The number of nitrogens with one attached hydrogen (secondary N) is 2. The Balaban J connectivity index is 1.22. The first kappa shape index (κ1) is 24.7. The average molecular weight is 494 g/mol. The largest absolute Gasteiger partial charge is 0.478 e. The Hall–Kier alpha value is -4.03. The fraction of sp³-hybridized carbons (Fsp3) is 0.258. The summed E-state index contributed by atoms with van der Waals surface area (Å²) in [5.74, 6) is -0.928. The van der Waals surface area contributed by atoms with Crippen molar-refractivity contribution in [1.29, 1.82) is 0 Å². The lowest BCUT2D eigenvalue weighted by molar-refractivity contribution is 0.0696. The maximum Gasteiger partial charge on any atom is 0.337 e. The number of rotatable bonds is 7. The molecule has 2 unspecified atom stereocenters. The van der Waals surface area contributed by atoms with Crippen LogP contribution in [0, 0.1) is 0 Å². The number of carbonyl (C=O) groups excluding carboxylic acids is 1. The average Bonchev–Trinajstić information content (AvgIpc) is 2.93. The van der Waals surface area contributed by atoms with Gasteiger partial charge in [-0.3, -0.25) is 9.78 Å². The molecule has 4 aromatic rings. The molecule has 0 spiro atoms. The van der Waals surface area contributed by atoms with Crippen molar-refractivity contribution in [2.45, 2.75) is 50.6 Å². The number of anilines is 1. The van der Waals surface area contributed by atoms with Crippen molar-refractivity contribution in [2.75, 3.05) is 5.32 Å². The SMILES string of the molecule is C[C@@H](NC1CCCC(c2ccc(C(=O)Nc3cncc(C(=O)O)c3)cc2)C1)c1cccc2ccccc12. The van der Waals surface area contributed by atoms with Gasteiger partial charge in [0.2, 0.25) is 0 Å². The van der Waals surface area contributed by atoms with E-state index in [1.165, 1.54) is 46.8 Å². The fourth-order valence-electron chi connectivity index (χ4n) is 5.45. The van der Waals surface area contributed by atoms with E-state index in [9.17, 15) is 9.59 Å². The smallest absolute Gasteiger partial charge is 0.337 e. The number of fused-ring (bicyclic) bond motifs is 1. The Morgan fingerprint density at radius 1 is 0.946 bits per heavy atom. The van der Waals surface area contributed by atoms with E-state index < -0.39 is 5.97 Å². The number of carboxylic acid groups (broad SMARTS) is 1. The van der Waals surface area contributed by atoms with Crippen LogP contribution in [0.25, 0.3) is 10.8 Å². The summed E-state index contributed by atoms with van der Waals surface area (Å²) in [5.41, 5.74) is 3.49. The van der Waals surface area contributed by atoms with Crippen molar-refractivity contribution in [1.82, 2.24) is 10.3 Å². The first-order valence-corrected chi connectivity index (χ1v) is 12.8.